The minimum absolute atomic E-state index is 0.135. The van der Waals surface area contributed by atoms with Crippen LogP contribution in [-0.4, -0.2) is 35.2 Å². The van der Waals surface area contributed by atoms with E-state index in [-0.39, 0.29) is 5.91 Å². The van der Waals surface area contributed by atoms with Gasteiger partial charge < -0.3 is 20.4 Å². The highest BCUT2D eigenvalue weighted by Crippen LogP contribution is 2.06. The van der Waals surface area contributed by atoms with E-state index < -0.39 is 0 Å². The molecule has 0 aliphatic rings. The number of nitrogens with one attached hydrogen (secondary N) is 3. The molecule has 0 saturated heterocycles. The number of nitrogens with zero attached hydrogens (tertiary/aromatic N) is 3. The second-order valence-electron chi connectivity index (χ2n) is 6.44. The van der Waals surface area contributed by atoms with Gasteiger partial charge in [-0.15, -0.1) is 0 Å². The maximum Gasteiger partial charge on any atom is 0.251 e. The fourth-order valence-electron chi connectivity index (χ4n) is 2.79. The number of aryl methyl sites for hydroxylation is 1. The fourth-order valence-corrected chi connectivity index (χ4v) is 2.79. The van der Waals surface area contributed by atoms with Crippen LogP contribution in [0.25, 0.3) is 0 Å². The van der Waals surface area contributed by atoms with Gasteiger partial charge in [0.15, 0.2) is 5.96 Å². The third kappa shape index (κ3) is 6.53. The Bertz CT molecular complexity index is 903. The summed E-state index contributed by atoms with van der Waals surface area (Å²) in [5.41, 5.74) is 1.60. The highest BCUT2D eigenvalue weighted by Gasteiger charge is 2.07. The van der Waals surface area contributed by atoms with E-state index in [0.717, 1.165) is 36.8 Å². The molecule has 0 radical (unpaired) electrons. The number of carbonyl (C=O) groups is 1. The molecule has 2 aromatic heterocycles. The van der Waals surface area contributed by atoms with Crippen molar-refractivity contribution < 1.29 is 9.21 Å². The van der Waals surface area contributed by atoms with Gasteiger partial charge in [-0.25, -0.2) is 0 Å². The van der Waals surface area contributed by atoms with E-state index in [1.54, 1.807) is 31.6 Å². The molecule has 8 heteroatoms. The highest BCUT2D eigenvalue weighted by molar-refractivity contribution is 5.94. The molecule has 8 nitrogen and oxygen atoms in total. The number of rotatable bonds is 9. The first kappa shape index (κ1) is 20.2. The molecule has 0 spiro atoms. The molecule has 0 aliphatic heterocycles. The second kappa shape index (κ2) is 10.7. The van der Waals surface area contributed by atoms with Crippen LogP contribution in [0.15, 0.2) is 70.5 Å². The Kier molecular flexibility index (Phi) is 7.45. The third-order valence-corrected chi connectivity index (χ3v) is 4.29. The lowest BCUT2D eigenvalue weighted by Gasteiger charge is -2.12. The van der Waals surface area contributed by atoms with E-state index in [1.165, 1.54) is 0 Å². The lowest BCUT2D eigenvalue weighted by molar-refractivity contribution is 0.0948. The van der Waals surface area contributed by atoms with Crippen molar-refractivity contribution in [1.82, 2.24) is 25.7 Å². The van der Waals surface area contributed by atoms with Crippen LogP contribution in [0, 0.1) is 0 Å². The van der Waals surface area contributed by atoms with Crippen LogP contribution in [0.2, 0.25) is 0 Å². The number of aliphatic imine (C=N–C) groups is 1. The number of amides is 1. The summed E-state index contributed by atoms with van der Waals surface area (Å²) in [6.07, 6.45) is 6.25. The van der Waals surface area contributed by atoms with Gasteiger partial charge in [0.25, 0.3) is 5.91 Å². The fraction of sp³-hybridized carbons (Fsp3) is 0.286. The Balaban J connectivity index is 1.42. The summed E-state index contributed by atoms with van der Waals surface area (Å²) in [5, 5.41) is 13.6. The highest BCUT2D eigenvalue weighted by atomic mass is 16.3. The Morgan fingerprint density at radius 1 is 1.14 bits per heavy atom. The van der Waals surface area contributed by atoms with Crippen molar-refractivity contribution in [2.45, 2.75) is 26.1 Å². The van der Waals surface area contributed by atoms with E-state index in [2.05, 4.69) is 26.0 Å². The Morgan fingerprint density at radius 3 is 2.83 bits per heavy atom. The van der Waals surface area contributed by atoms with Crippen LogP contribution in [0.4, 0.5) is 0 Å². The molecule has 3 N–H and O–H groups in total. The van der Waals surface area contributed by atoms with Crippen molar-refractivity contribution >= 4 is 11.9 Å². The number of aromatic nitrogens is 2. The van der Waals surface area contributed by atoms with Gasteiger partial charge in [0, 0.05) is 44.6 Å². The summed E-state index contributed by atoms with van der Waals surface area (Å²) < 4.78 is 7.14. The van der Waals surface area contributed by atoms with Gasteiger partial charge in [-0.05, 0) is 42.3 Å². The maximum absolute atomic E-state index is 12.3. The minimum Gasteiger partial charge on any atom is -0.467 e. The molecular weight excluding hydrogens is 368 g/mol. The Morgan fingerprint density at radius 2 is 2.07 bits per heavy atom. The number of guanidine groups is 1. The number of carbonyl (C=O) groups excluding carboxylic acids is 1. The van der Waals surface area contributed by atoms with Gasteiger partial charge in [0.1, 0.15) is 5.76 Å². The quantitative estimate of drug-likeness (QED) is 0.294. The number of hydrogen-bond donors (Lipinski definition) is 3. The van der Waals surface area contributed by atoms with Crippen LogP contribution >= 0.6 is 0 Å². The van der Waals surface area contributed by atoms with Crippen LogP contribution in [0.3, 0.4) is 0 Å². The third-order valence-electron chi connectivity index (χ3n) is 4.29. The smallest absolute Gasteiger partial charge is 0.251 e. The van der Waals surface area contributed by atoms with Crippen LogP contribution < -0.4 is 16.0 Å². The number of furan rings is 1. The van der Waals surface area contributed by atoms with Gasteiger partial charge in [0.05, 0.1) is 12.8 Å². The maximum atomic E-state index is 12.3. The van der Waals surface area contributed by atoms with Gasteiger partial charge in [-0.1, -0.05) is 12.1 Å². The summed E-state index contributed by atoms with van der Waals surface area (Å²) >= 11 is 0. The molecule has 0 bridgehead atoms. The minimum atomic E-state index is -0.135. The predicted molar refractivity (Wildman–Crippen MR) is 111 cm³/mol. The summed E-state index contributed by atoms with van der Waals surface area (Å²) in [6.45, 7) is 2.57. The number of benzene rings is 1. The standard InChI is InChI=1S/C21H26N6O2/c1-22-21(23-9-4-11-27-12-5-10-26-27)25-15-17-6-2-7-18(14-17)20(28)24-16-19-8-3-13-29-19/h2-3,5-8,10,12-14H,4,9,11,15-16H2,1H3,(H,24,28)(H2,22,23,25). The van der Waals surface area contributed by atoms with Gasteiger partial charge in [0.2, 0.25) is 0 Å². The lowest BCUT2D eigenvalue weighted by Crippen LogP contribution is -2.37. The summed E-state index contributed by atoms with van der Waals surface area (Å²) in [7, 11) is 1.74. The van der Waals surface area contributed by atoms with Gasteiger partial charge in [-0.2, -0.15) is 5.10 Å². The first-order valence-corrected chi connectivity index (χ1v) is 9.56. The van der Waals surface area contributed by atoms with Crippen molar-refractivity contribution in [1.29, 1.82) is 0 Å². The molecule has 0 fully saturated rings. The molecule has 2 heterocycles. The molecule has 3 aromatic rings. The van der Waals surface area contributed by atoms with Crippen molar-refractivity contribution in [2.24, 2.45) is 4.99 Å². The van der Waals surface area contributed by atoms with Crippen molar-refractivity contribution in [2.75, 3.05) is 13.6 Å². The van der Waals surface area contributed by atoms with Crippen LogP contribution in [-0.2, 0) is 19.6 Å². The molecule has 0 unspecified atom stereocenters. The SMILES string of the molecule is CN=C(NCCCn1cccn1)NCc1cccc(C(=O)NCc2ccco2)c1. The largest absolute Gasteiger partial charge is 0.467 e. The molecule has 29 heavy (non-hydrogen) atoms. The van der Waals surface area contributed by atoms with E-state index in [9.17, 15) is 4.79 Å². The summed E-state index contributed by atoms with van der Waals surface area (Å²) in [6, 6.07) is 13.1. The molecule has 152 valence electrons. The average Bonchev–Trinajstić information content (AvgIpc) is 3.46. The normalized spacial score (nSPS) is 11.3. The second-order valence-corrected chi connectivity index (χ2v) is 6.44. The van der Waals surface area contributed by atoms with Gasteiger partial charge in [-0.3, -0.25) is 14.5 Å². The topological polar surface area (TPSA) is 96.5 Å². The zero-order valence-corrected chi connectivity index (χ0v) is 16.5. The van der Waals surface area contributed by atoms with E-state index >= 15 is 0 Å². The van der Waals surface area contributed by atoms with E-state index in [1.807, 2.05) is 41.2 Å². The van der Waals surface area contributed by atoms with Crippen molar-refractivity contribution in [3.05, 3.63) is 78.0 Å². The zero-order chi connectivity index (χ0) is 20.3. The molecule has 3 rings (SSSR count). The molecular formula is C21H26N6O2. The first-order chi connectivity index (χ1) is 14.2. The first-order valence-electron chi connectivity index (χ1n) is 9.56. The number of hydrogen-bond acceptors (Lipinski definition) is 4. The molecule has 0 atom stereocenters. The van der Waals surface area contributed by atoms with Crippen molar-refractivity contribution in [3.8, 4) is 0 Å². The molecule has 1 amide bonds. The Hall–Kier alpha value is -3.55. The van der Waals surface area contributed by atoms with Crippen molar-refractivity contribution in [3.63, 3.8) is 0 Å². The van der Waals surface area contributed by atoms with E-state index in [4.69, 9.17) is 4.42 Å². The lowest BCUT2D eigenvalue weighted by atomic mass is 10.1. The predicted octanol–water partition coefficient (Wildman–Crippen LogP) is 2.16. The monoisotopic (exact) mass is 394 g/mol. The van der Waals surface area contributed by atoms with Gasteiger partial charge >= 0.3 is 0 Å². The molecule has 0 aliphatic carbocycles. The Labute approximate surface area is 170 Å². The average molecular weight is 394 g/mol. The zero-order valence-electron chi connectivity index (χ0n) is 16.5. The molecule has 1 aromatic carbocycles. The molecule has 0 saturated carbocycles. The summed E-state index contributed by atoms with van der Waals surface area (Å²) in [5.74, 6) is 1.31. The van der Waals surface area contributed by atoms with E-state index in [0.29, 0.717) is 18.7 Å². The van der Waals surface area contributed by atoms with Crippen LogP contribution in [0.5, 0.6) is 0 Å². The van der Waals surface area contributed by atoms with Crippen LogP contribution in [0.1, 0.15) is 28.1 Å². The summed E-state index contributed by atoms with van der Waals surface area (Å²) in [4.78, 5) is 16.6.